The standard InChI is InChI=1S/C15H24ClNO4/c1-4-5-6-21-10-11(18)9-17-13-7-12(16)14(19-2)8-15(13)20-3/h7-8,11,17-18H,4-6,9-10H2,1-3H3. The van der Waals surface area contributed by atoms with Gasteiger partial charge in [-0.25, -0.2) is 0 Å². The molecule has 0 saturated heterocycles. The van der Waals surface area contributed by atoms with Crippen LogP contribution in [0.5, 0.6) is 11.5 Å². The van der Waals surface area contributed by atoms with Gasteiger partial charge in [0.25, 0.3) is 0 Å². The molecule has 1 atom stereocenters. The van der Waals surface area contributed by atoms with Gasteiger partial charge in [-0.05, 0) is 12.5 Å². The average molecular weight is 318 g/mol. The van der Waals surface area contributed by atoms with Crippen LogP contribution in [0.15, 0.2) is 12.1 Å². The first kappa shape index (κ1) is 17.9. The van der Waals surface area contributed by atoms with Crippen molar-refractivity contribution < 1.29 is 19.3 Å². The summed E-state index contributed by atoms with van der Waals surface area (Å²) in [5.74, 6) is 1.15. The van der Waals surface area contributed by atoms with Crippen molar-refractivity contribution in [1.82, 2.24) is 0 Å². The Labute approximate surface area is 131 Å². The summed E-state index contributed by atoms with van der Waals surface area (Å²) >= 11 is 6.08. The lowest BCUT2D eigenvalue weighted by atomic mass is 10.2. The lowest BCUT2D eigenvalue weighted by Gasteiger charge is -2.16. The van der Waals surface area contributed by atoms with Crippen molar-refractivity contribution in [2.75, 3.05) is 39.3 Å². The molecule has 0 aromatic heterocycles. The second kappa shape index (κ2) is 9.71. The fraction of sp³-hybridized carbons (Fsp3) is 0.600. The highest BCUT2D eigenvalue weighted by Crippen LogP contribution is 2.35. The minimum atomic E-state index is -0.590. The topological polar surface area (TPSA) is 60.0 Å². The van der Waals surface area contributed by atoms with Crippen molar-refractivity contribution in [1.29, 1.82) is 0 Å². The fourth-order valence-corrected chi connectivity index (χ4v) is 1.99. The summed E-state index contributed by atoms with van der Waals surface area (Å²) in [6.07, 6.45) is 1.49. The first-order chi connectivity index (χ1) is 10.1. The van der Waals surface area contributed by atoms with Crippen molar-refractivity contribution in [2.45, 2.75) is 25.9 Å². The molecule has 6 heteroatoms. The molecule has 0 saturated carbocycles. The zero-order chi connectivity index (χ0) is 15.7. The molecule has 0 amide bonds. The third kappa shape index (κ3) is 5.99. The van der Waals surface area contributed by atoms with Gasteiger partial charge in [0.2, 0.25) is 0 Å². The number of nitrogens with one attached hydrogen (secondary N) is 1. The zero-order valence-electron chi connectivity index (χ0n) is 12.8. The fourth-order valence-electron chi connectivity index (χ4n) is 1.75. The van der Waals surface area contributed by atoms with Crippen LogP contribution in [0.4, 0.5) is 5.69 Å². The van der Waals surface area contributed by atoms with E-state index in [1.54, 1.807) is 26.4 Å². The van der Waals surface area contributed by atoms with Gasteiger partial charge in [0.15, 0.2) is 0 Å². The molecular weight excluding hydrogens is 294 g/mol. The van der Waals surface area contributed by atoms with Crippen LogP contribution in [0.1, 0.15) is 19.8 Å². The summed E-state index contributed by atoms with van der Waals surface area (Å²) in [5, 5.41) is 13.4. The molecule has 0 aliphatic rings. The molecule has 120 valence electrons. The molecule has 1 aromatic rings. The molecule has 21 heavy (non-hydrogen) atoms. The number of rotatable bonds is 10. The van der Waals surface area contributed by atoms with E-state index in [-0.39, 0.29) is 0 Å². The van der Waals surface area contributed by atoms with E-state index < -0.39 is 6.10 Å². The van der Waals surface area contributed by atoms with Crippen molar-refractivity contribution in [3.63, 3.8) is 0 Å². The van der Waals surface area contributed by atoms with Crippen molar-refractivity contribution in [3.8, 4) is 11.5 Å². The molecule has 0 aliphatic carbocycles. The van der Waals surface area contributed by atoms with Gasteiger partial charge in [0.1, 0.15) is 11.5 Å². The normalized spacial score (nSPS) is 12.0. The molecule has 1 rings (SSSR count). The molecule has 1 aromatic carbocycles. The number of anilines is 1. The van der Waals surface area contributed by atoms with Gasteiger partial charge < -0.3 is 24.6 Å². The molecule has 2 N–H and O–H groups in total. The highest BCUT2D eigenvalue weighted by atomic mass is 35.5. The maximum absolute atomic E-state index is 9.86. The Kier molecular flexibility index (Phi) is 8.27. The minimum Gasteiger partial charge on any atom is -0.495 e. The van der Waals surface area contributed by atoms with Crippen LogP contribution in [0.25, 0.3) is 0 Å². The van der Waals surface area contributed by atoms with Gasteiger partial charge in [-0.15, -0.1) is 0 Å². The Morgan fingerprint density at radius 2 is 1.95 bits per heavy atom. The van der Waals surface area contributed by atoms with E-state index in [1.807, 2.05) is 0 Å². The van der Waals surface area contributed by atoms with Crippen LogP contribution in [-0.4, -0.2) is 45.2 Å². The molecule has 0 radical (unpaired) electrons. The number of methoxy groups -OCH3 is 2. The summed E-state index contributed by atoms with van der Waals surface area (Å²) in [6.45, 7) is 3.43. The van der Waals surface area contributed by atoms with E-state index >= 15 is 0 Å². The number of aliphatic hydroxyl groups is 1. The maximum Gasteiger partial charge on any atom is 0.145 e. The Morgan fingerprint density at radius 1 is 1.24 bits per heavy atom. The number of benzene rings is 1. The van der Waals surface area contributed by atoms with E-state index in [4.69, 9.17) is 25.8 Å². The third-order valence-electron chi connectivity index (χ3n) is 2.95. The van der Waals surface area contributed by atoms with Gasteiger partial charge in [-0.2, -0.15) is 0 Å². The van der Waals surface area contributed by atoms with Crippen molar-refractivity contribution in [3.05, 3.63) is 17.2 Å². The van der Waals surface area contributed by atoms with Gasteiger partial charge in [0, 0.05) is 19.2 Å². The van der Waals surface area contributed by atoms with Crippen molar-refractivity contribution >= 4 is 17.3 Å². The van der Waals surface area contributed by atoms with Crippen LogP contribution in [0, 0.1) is 0 Å². The van der Waals surface area contributed by atoms with E-state index in [2.05, 4.69) is 12.2 Å². The second-order valence-corrected chi connectivity index (χ2v) is 5.06. The van der Waals surface area contributed by atoms with Gasteiger partial charge in [-0.1, -0.05) is 24.9 Å². The predicted octanol–water partition coefficient (Wildman–Crippen LogP) is 2.95. The largest absolute Gasteiger partial charge is 0.495 e. The number of aliphatic hydroxyl groups excluding tert-OH is 1. The number of hydrogen-bond acceptors (Lipinski definition) is 5. The molecule has 0 heterocycles. The number of unbranched alkanes of at least 4 members (excludes halogenated alkanes) is 1. The smallest absolute Gasteiger partial charge is 0.145 e. The van der Waals surface area contributed by atoms with E-state index in [1.165, 1.54) is 0 Å². The zero-order valence-corrected chi connectivity index (χ0v) is 13.6. The summed E-state index contributed by atoms with van der Waals surface area (Å²) in [7, 11) is 3.11. The highest BCUT2D eigenvalue weighted by molar-refractivity contribution is 6.32. The lowest BCUT2D eigenvalue weighted by Crippen LogP contribution is -2.25. The quantitative estimate of drug-likeness (QED) is 0.650. The van der Waals surface area contributed by atoms with Crippen LogP contribution in [-0.2, 0) is 4.74 Å². The van der Waals surface area contributed by atoms with Crippen LogP contribution in [0.2, 0.25) is 5.02 Å². The summed E-state index contributed by atoms with van der Waals surface area (Å²) in [6, 6.07) is 3.42. The van der Waals surface area contributed by atoms with Gasteiger partial charge >= 0.3 is 0 Å². The van der Waals surface area contributed by atoms with Gasteiger partial charge in [0.05, 0.1) is 37.6 Å². The minimum absolute atomic E-state index is 0.305. The lowest BCUT2D eigenvalue weighted by molar-refractivity contribution is 0.0421. The van der Waals surface area contributed by atoms with Crippen molar-refractivity contribution in [2.24, 2.45) is 0 Å². The molecule has 0 fully saturated rings. The van der Waals surface area contributed by atoms with Crippen LogP contribution < -0.4 is 14.8 Å². The predicted molar refractivity (Wildman–Crippen MR) is 84.8 cm³/mol. The van der Waals surface area contributed by atoms with E-state index in [9.17, 15) is 5.11 Å². The third-order valence-corrected chi connectivity index (χ3v) is 3.25. The molecule has 1 unspecified atom stereocenters. The molecular formula is C15H24ClNO4. The number of hydrogen-bond donors (Lipinski definition) is 2. The maximum atomic E-state index is 9.86. The summed E-state index contributed by atoms with van der Waals surface area (Å²) in [5.41, 5.74) is 0.705. The molecule has 0 spiro atoms. The second-order valence-electron chi connectivity index (χ2n) is 4.65. The summed E-state index contributed by atoms with van der Waals surface area (Å²) in [4.78, 5) is 0. The van der Waals surface area contributed by atoms with Crippen LogP contribution in [0.3, 0.4) is 0 Å². The van der Waals surface area contributed by atoms with Crippen LogP contribution >= 0.6 is 11.6 Å². The molecule has 5 nitrogen and oxygen atoms in total. The Hall–Kier alpha value is -1.17. The number of ether oxygens (including phenoxy) is 3. The van der Waals surface area contributed by atoms with Gasteiger partial charge in [-0.3, -0.25) is 0 Å². The monoisotopic (exact) mass is 317 g/mol. The first-order valence-electron chi connectivity index (χ1n) is 7.03. The Morgan fingerprint density at radius 3 is 2.57 bits per heavy atom. The molecule has 0 aliphatic heterocycles. The SMILES string of the molecule is CCCCOCC(O)CNc1cc(Cl)c(OC)cc1OC. The Bertz CT molecular complexity index is 428. The average Bonchev–Trinajstić information content (AvgIpc) is 2.49. The summed E-state index contributed by atoms with van der Waals surface area (Å²) < 4.78 is 15.8. The van der Waals surface area contributed by atoms with E-state index in [0.29, 0.717) is 42.0 Å². The Balaban J connectivity index is 2.52. The van der Waals surface area contributed by atoms with E-state index in [0.717, 1.165) is 12.8 Å². The molecule has 0 bridgehead atoms. The first-order valence-corrected chi connectivity index (χ1v) is 7.41. The highest BCUT2D eigenvalue weighted by Gasteiger charge is 2.11. The number of halogens is 1.